The minimum Gasteiger partial charge on any atom is -0.310 e. The lowest BCUT2D eigenvalue weighted by Gasteiger charge is -2.17. The van der Waals surface area contributed by atoms with Gasteiger partial charge >= 0.3 is 0 Å². The highest BCUT2D eigenvalue weighted by atomic mass is 127. The minimum absolute atomic E-state index is 0.108. The van der Waals surface area contributed by atoms with Crippen molar-refractivity contribution in [2.75, 3.05) is 17.2 Å². The Morgan fingerprint density at radius 3 is 3.11 bits per heavy atom. The third kappa shape index (κ3) is 3.23. The minimum atomic E-state index is 0.108. The first kappa shape index (κ1) is 13.8. The molecule has 0 aromatic carbocycles. The molecule has 1 amide bonds. The molecule has 2 rings (SSSR count). The molecule has 0 bridgehead atoms. The number of carbonyl (C=O) groups excluding carboxylic acids is 2. The molecule has 1 fully saturated rings. The number of hydrogen-bond acceptors (Lipinski definition) is 4. The number of carbonyl (C=O) groups is 2. The van der Waals surface area contributed by atoms with Gasteiger partial charge in [0.05, 0.1) is 11.9 Å². The van der Waals surface area contributed by atoms with Crippen molar-refractivity contribution in [2.45, 2.75) is 13.3 Å². The first-order valence-corrected chi connectivity index (χ1v) is 7.67. The Bertz CT molecular complexity index is 481. The Morgan fingerprint density at radius 1 is 1.67 bits per heavy atom. The zero-order valence-electron chi connectivity index (χ0n) is 9.93. The number of hydrogen-bond donors (Lipinski definition) is 0. The molecule has 1 aliphatic rings. The summed E-state index contributed by atoms with van der Waals surface area (Å²) in [7, 11) is 0. The zero-order chi connectivity index (χ0) is 13.1. The van der Waals surface area contributed by atoms with Crippen molar-refractivity contribution in [1.29, 1.82) is 0 Å². The molecular weight excluding hydrogens is 363 g/mol. The summed E-state index contributed by atoms with van der Waals surface area (Å²) in [5.41, 5.74) is 0.874. The summed E-state index contributed by atoms with van der Waals surface area (Å²) in [6.07, 6.45) is 3.96. The molecule has 1 aromatic rings. The number of amides is 1. The molecule has 0 saturated carbocycles. The number of aromatic nitrogens is 1. The summed E-state index contributed by atoms with van der Waals surface area (Å²) in [5, 5.41) is 0.108. The lowest BCUT2D eigenvalue weighted by atomic mass is 10.1. The standard InChI is InChI=1S/C12H13IN2O2S/c1-8(16)18-7-9-4-12(17)15(6-9)11-5-14-3-2-10(11)13/h2-3,5,9H,4,6-7H2,1H3. The van der Waals surface area contributed by atoms with E-state index in [-0.39, 0.29) is 16.9 Å². The number of thioether (sulfide) groups is 1. The van der Waals surface area contributed by atoms with Crippen LogP contribution in [0.3, 0.4) is 0 Å². The van der Waals surface area contributed by atoms with Crippen molar-refractivity contribution in [1.82, 2.24) is 4.98 Å². The smallest absolute Gasteiger partial charge is 0.227 e. The second-order valence-corrected chi connectivity index (χ2v) is 6.56. The van der Waals surface area contributed by atoms with Crippen LogP contribution in [-0.4, -0.2) is 28.3 Å². The van der Waals surface area contributed by atoms with Gasteiger partial charge in [-0.2, -0.15) is 0 Å². The van der Waals surface area contributed by atoms with E-state index in [1.807, 2.05) is 6.07 Å². The molecule has 0 N–H and O–H groups in total. The van der Waals surface area contributed by atoms with Gasteiger partial charge in [0.15, 0.2) is 5.12 Å². The van der Waals surface area contributed by atoms with E-state index in [0.29, 0.717) is 18.7 Å². The Hall–Kier alpha value is -0.630. The fourth-order valence-corrected chi connectivity index (χ4v) is 3.21. The highest BCUT2D eigenvalue weighted by Gasteiger charge is 2.31. The van der Waals surface area contributed by atoms with Crippen LogP contribution in [0.1, 0.15) is 13.3 Å². The number of halogens is 1. The first-order valence-electron chi connectivity index (χ1n) is 5.61. The molecule has 0 spiro atoms. The molecular formula is C12H13IN2O2S. The Balaban J connectivity index is 2.06. The Labute approximate surface area is 124 Å². The van der Waals surface area contributed by atoms with Gasteiger partial charge in [0.25, 0.3) is 0 Å². The monoisotopic (exact) mass is 376 g/mol. The molecule has 2 heterocycles. The van der Waals surface area contributed by atoms with Gasteiger partial charge in [-0.25, -0.2) is 0 Å². The molecule has 1 atom stereocenters. The average molecular weight is 376 g/mol. The van der Waals surface area contributed by atoms with E-state index in [4.69, 9.17) is 0 Å². The van der Waals surface area contributed by atoms with Crippen molar-refractivity contribution in [3.8, 4) is 0 Å². The lowest BCUT2D eigenvalue weighted by molar-refractivity contribution is -0.117. The van der Waals surface area contributed by atoms with Crippen molar-refractivity contribution < 1.29 is 9.59 Å². The Kier molecular flexibility index (Phi) is 4.60. The fraction of sp³-hybridized carbons (Fsp3) is 0.417. The second kappa shape index (κ2) is 6.01. The quantitative estimate of drug-likeness (QED) is 0.760. The molecule has 1 unspecified atom stereocenters. The molecule has 96 valence electrons. The van der Waals surface area contributed by atoms with E-state index in [2.05, 4.69) is 27.6 Å². The maximum atomic E-state index is 12.0. The normalized spacial score (nSPS) is 19.3. The molecule has 1 aromatic heterocycles. The van der Waals surface area contributed by atoms with Gasteiger partial charge in [-0.3, -0.25) is 14.6 Å². The maximum absolute atomic E-state index is 12.0. The van der Waals surface area contributed by atoms with Crippen LogP contribution in [0.2, 0.25) is 0 Å². The number of rotatable bonds is 3. The van der Waals surface area contributed by atoms with Crippen LogP contribution < -0.4 is 4.90 Å². The van der Waals surface area contributed by atoms with E-state index < -0.39 is 0 Å². The van der Waals surface area contributed by atoms with E-state index in [9.17, 15) is 9.59 Å². The second-order valence-electron chi connectivity index (χ2n) is 4.20. The van der Waals surface area contributed by atoms with E-state index in [1.54, 1.807) is 24.2 Å². The molecule has 6 heteroatoms. The van der Waals surface area contributed by atoms with Crippen molar-refractivity contribution in [3.63, 3.8) is 0 Å². The summed E-state index contributed by atoms with van der Waals surface area (Å²) in [5.74, 6) is 1.09. The highest BCUT2D eigenvalue weighted by molar-refractivity contribution is 14.1. The molecule has 1 aliphatic heterocycles. The van der Waals surface area contributed by atoms with E-state index in [1.165, 1.54) is 11.8 Å². The fourth-order valence-electron chi connectivity index (χ4n) is 1.93. The van der Waals surface area contributed by atoms with Crippen LogP contribution >= 0.6 is 34.4 Å². The topological polar surface area (TPSA) is 50.3 Å². The predicted octanol–water partition coefficient (Wildman–Crippen LogP) is 2.32. The summed E-state index contributed by atoms with van der Waals surface area (Å²) in [6.45, 7) is 2.24. The van der Waals surface area contributed by atoms with Crippen molar-refractivity contribution in [2.24, 2.45) is 5.92 Å². The third-order valence-corrected chi connectivity index (χ3v) is 4.72. The predicted molar refractivity (Wildman–Crippen MR) is 80.6 cm³/mol. The summed E-state index contributed by atoms with van der Waals surface area (Å²) in [4.78, 5) is 28.8. The van der Waals surface area contributed by atoms with Gasteiger partial charge in [-0.1, -0.05) is 11.8 Å². The maximum Gasteiger partial charge on any atom is 0.227 e. The summed E-state index contributed by atoms with van der Waals surface area (Å²) < 4.78 is 1.02. The molecule has 0 radical (unpaired) electrons. The van der Waals surface area contributed by atoms with E-state index >= 15 is 0 Å². The Morgan fingerprint density at radius 2 is 2.44 bits per heavy atom. The summed E-state index contributed by atoms with van der Waals surface area (Å²) >= 11 is 3.50. The van der Waals surface area contributed by atoms with E-state index in [0.717, 1.165) is 9.26 Å². The van der Waals surface area contributed by atoms with Gasteiger partial charge < -0.3 is 4.90 Å². The van der Waals surface area contributed by atoms with Gasteiger partial charge in [0.1, 0.15) is 0 Å². The van der Waals surface area contributed by atoms with Gasteiger partial charge in [0, 0.05) is 35.4 Å². The highest BCUT2D eigenvalue weighted by Crippen LogP contribution is 2.29. The van der Waals surface area contributed by atoms with Gasteiger partial charge in [0.2, 0.25) is 5.91 Å². The third-order valence-electron chi connectivity index (χ3n) is 2.77. The van der Waals surface area contributed by atoms with Crippen LogP contribution in [0.4, 0.5) is 5.69 Å². The molecule has 18 heavy (non-hydrogen) atoms. The largest absolute Gasteiger partial charge is 0.310 e. The molecule has 0 aliphatic carbocycles. The number of pyridine rings is 1. The average Bonchev–Trinajstić information content (AvgIpc) is 2.69. The number of nitrogens with zero attached hydrogens (tertiary/aromatic N) is 2. The SMILES string of the molecule is CC(=O)SCC1CC(=O)N(c2cnccc2I)C1. The number of anilines is 1. The summed E-state index contributed by atoms with van der Waals surface area (Å²) in [6, 6.07) is 1.89. The molecule has 1 saturated heterocycles. The van der Waals surface area contributed by atoms with Crippen LogP contribution in [0, 0.1) is 9.49 Å². The van der Waals surface area contributed by atoms with Crippen molar-refractivity contribution in [3.05, 3.63) is 22.0 Å². The van der Waals surface area contributed by atoms with Gasteiger partial charge in [-0.05, 0) is 34.6 Å². The molecule has 4 nitrogen and oxygen atoms in total. The van der Waals surface area contributed by atoms with Gasteiger partial charge in [-0.15, -0.1) is 0 Å². The van der Waals surface area contributed by atoms with Crippen LogP contribution in [-0.2, 0) is 9.59 Å². The zero-order valence-corrected chi connectivity index (χ0v) is 12.9. The lowest BCUT2D eigenvalue weighted by Crippen LogP contribution is -2.25. The van der Waals surface area contributed by atoms with Crippen LogP contribution in [0.15, 0.2) is 18.5 Å². The van der Waals surface area contributed by atoms with Crippen LogP contribution in [0.5, 0.6) is 0 Å². The first-order chi connectivity index (χ1) is 8.58. The van der Waals surface area contributed by atoms with Crippen LogP contribution in [0.25, 0.3) is 0 Å². The van der Waals surface area contributed by atoms with Crippen molar-refractivity contribution >= 4 is 51.1 Å².